The molecule has 0 radical (unpaired) electrons. The molecule has 0 fully saturated rings. The molecule has 3 rings (SSSR count). The first-order valence-electron chi connectivity index (χ1n) is 7.05. The zero-order valence-electron chi connectivity index (χ0n) is 12.2. The highest BCUT2D eigenvalue weighted by Gasteiger charge is 2.32. The number of hydrogen-bond donors (Lipinski definition) is 0. The van der Waals surface area contributed by atoms with E-state index in [2.05, 4.69) is 29.4 Å². The van der Waals surface area contributed by atoms with E-state index in [4.69, 9.17) is 0 Å². The Morgan fingerprint density at radius 2 is 1.86 bits per heavy atom. The fourth-order valence-corrected chi connectivity index (χ4v) is 2.87. The lowest BCUT2D eigenvalue weighted by Crippen LogP contribution is -2.25. The molecule has 0 N–H and O–H groups in total. The van der Waals surface area contributed by atoms with Crippen LogP contribution in [0.5, 0.6) is 0 Å². The summed E-state index contributed by atoms with van der Waals surface area (Å²) in [6.07, 6.45) is 6.72. The van der Waals surface area contributed by atoms with Gasteiger partial charge >= 0.3 is 0 Å². The fraction of sp³-hybridized carbons (Fsp3) is 0.222. The Hall–Kier alpha value is -2.42. The lowest BCUT2D eigenvalue weighted by molar-refractivity contribution is -0.115. The highest BCUT2D eigenvalue weighted by Crippen LogP contribution is 2.39. The molecule has 0 bridgehead atoms. The summed E-state index contributed by atoms with van der Waals surface area (Å²) in [5, 5.41) is 0. The van der Waals surface area contributed by atoms with Crippen molar-refractivity contribution in [2.75, 3.05) is 0 Å². The molecular formula is C18H18N2O. The number of pyridine rings is 1. The summed E-state index contributed by atoms with van der Waals surface area (Å²) < 4.78 is 1.99. The van der Waals surface area contributed by atoms with Crippen molar-refractivity contribution < 1.29 is 4.79 Å². The van der Waals surface area contributed by atoms with E-state index < -0.39 is 5.41 Å². The number of fused-ring (bicyclic) bond motifs is 1. The largest absolute Gasteiger partial charge is 0.306 e. The van der Waals surface area contributed by atoms with Crippen molar-refractivity contribution in [2.45, 2.75) is 19.8 Å². The van der Waals surface area contributed by atoms with Gasteiger partial charge in [-0.1, -0.05) is 50.2 Å². The molecule has 21 heavy (non-hydrogen) atoms. The van der Waals surface area contributed by atoms with Gasteiger partial charge in [0.2, 0.25) is 0 Å². The van der Waals surface area contributed by atoms with E-state index in [1.165, 1.54) is 0 Å². The quantitative estimate of drug-likeness (QED) is 0.682. The Balaban J connectivity index is 2.16. The number of aldehydes is 1. The molecule has 2 heterocycles. The van der Waals surface area contributed by atoms with E-state index in [0.29, 0.717) is 0 Å². The van der Waals surface area contributed by atoms with Crippen LogP contribution >= 0.6 is 0 Å². The maximum absolute atomic E-state index is 11.6. The molecule has 0 saturated carbocycles. The Morgan fingerprint density at radius 3 is 2.57 bits per heavy atom. The predicted molar refractivity (Wildman–Crippen MR) is 83.3 cm³/mol. The highest BCUT2D eigenvalue weighted by molar-refractivity contribution is 5.63. The fourth-order valence-electron chi connectivity index (χ4n) is 2.87. The van der Waals surface area contributed by atoms with E-state index in [0.717, 1.165) is 22.9 Å². The zero-order valence-corrected chi connectivity index (χ0v) is 12.2. The van der Waals surface area contributed by atoms with E-state index >= 15 is 0 Å². The molecule has 3 heteroatoms. The van der Waals surface area contributed by atoms with Gasteiger partial charge in [-0.2, -0.15) is 0 Å². The third-order valence-corrected chi connectivity index (χ3v) is 3.94. The van der Waals surface area contributed by atoms with Crippen LogP contribution in [0.3, 0.4) is 0 Å². The van der Waals surface area contributed by atoms with Crippen LogP contribution in [-0.2, 0) is 4.79 Å². The molecule has 3 aromatic rings. The molecule has 1 atom stereocenters. The topological polar surface area (TPSA) is 34.4 Å². The summed E-state index contributed by atoms with van der Waals surface area (Å²) in [4.78, 5) is 15.8. The van der Waals surface area contributed by atoms with E-state index in [1.54, 1.807) is 6.33 Å². The number of carbonyl (C=O) groups is 1. The number of aromatic nitrogens is 2. The van der Waals surface area contributed by atoms with Crippen molar-refractivity contribution in [1.29, 1.82) is 0 Å². The summed E-state index contributed by atoms with van der Waals surface area (Å²) in [5.74, 6) is 0.0167. The van der Waals surface area contributed by atoms with Gasteiger partial charge in [0.1, 0.15) is 6.29 Å². The van der Waals surface area contributed by atoms with Gasteiger partial charge in [-0.25, -0.2) is 4.98 Å². The van der Waals surface area contributed by atoms with Crippen LogP contribution in [0.4, 0.5) is 0 Å². The second-order valence-electron chi connectivity index (χ2n) is 5.97. The first kappa shape index (κ1) is 13.6. The second kappa shape index (κ2) is 5.17. The van der Waals surface area contributed by atoms with Gasteiger partial charge in [0, 0.05) is 17.5 Å². The molecule has 0 amide bonds. The number of benzene rings is 1. The molecule has 1 unspecified atom stereocenters. The van der Waals surface area contributed by atoms with Crippen molar-refractivity contribution in [3.8, 4) is 0 Å². The van der Waals surface area contributed by atoms with Gasteiger partial charge in [-0.05, 0) is 17.2 Å². The molecular weight excluding hydrogens is 260 g/mol. The Morgan fingerprint density at radius 1 is 1.10 bits per heavy atom. The minimum Gasteiger partial charge on any atom is -0.306 e. The van der Waals surface area contributed by atoms with Gasteiger partial charge in [0.15, 0.2) is 0 Å². The Kier molecular flexibility index (Phi) is 3.34. The number of carbonyl (C=O) groups excluding carboxylic acids is 1. The molecule has 0 aliphatic rings. The molecule has 2 aromatic heterocycles. The van der Waals surface area contributed by atoms with E-state index in [9.17, 15) is 4.79 Å². The smallest absolute Gasteiger partial charge is 0.126 e. The maximum atomic E-state index is 11.6. The summed E-state index contributed by atoms with van der Waals surface area (Å²) in [6, 6.07) is 14.3. The van der Waals surface area contributed by atoms with Crippen molar-refractivity contribution in [1.82, 2.24) is 9.38 Å². The van der Waals surface area contributed by atoms with Crippen LogP contribution in [0.1, 0.15) is 30.9 Å². The monoisotopic (exact) mass is 278 g/mol. The minimum absolute atomic E-state index is 0.0167. The molecule has 0 saturated heterocycles. The summed E-state index contributed by atoms with van der Waals surface area (Å²) in [7, 11) is 0. The SMILES string of the molecule is CC(C)(C=O)C(c1ccccc1)c1ccc2cncn2c1. The standard InChI is InChI=1S/C18H18N2O/c1-18(2,12-21)17(14-6-4-3-5-7-14)15-8-9-16-10-19-13-20(16)11-15/h3-13,17H,1-2H3. The third-order valence-electron chi connectivity index (χ3n) is 3.94. The minimum atomic E-state index is -0.477. The number of hydrogen-bond acceptors (Lipinski definition) is 2. The van der Waals surface area contributed by atoms with Crippen LogP contribution in [0.25, 0.3) is 5.52 Å². The van der Waals surface area contributed by atoms with Gasteiger partial charge in [0.25, 0.3) is 0 Å². The third kappa shape index (κ3) is 2.47. The first-order valence-corrected chi connectivity index (χ1v) is 7.05. The van der Waals surface area contributed by atoms with Crippen LogP contribution in [-0.4, -0.2) is 15.7 Å². The number of nitrogens with zero attached hydrogens (tertiary/aromatic N) is 2. The van der Waals surface area contributed by atoms with Crippen LogP contribution in [0.2, 0.25) is 0 Å². The summed E-state index contributed by atoms with van der Waals surface area (Å²) in [5.41, 5.74) is 2.84. The van der Waals surface area contributed by atoms with Crippen molar-refractivity contribution in [2.24, 2.45) is 5.41 Å². The number of rotatable bonds is 4. The van der Waals surface area contributed by atoms with E-state index in [-0.39, 0.29) is 5.92 Å². The Labute approximate surface area is 124 Å². The average molecular weight is 278 g/mol. The second-order valence-corrected chi connectivity index (χ2v) is 5.97. The normalized spacial score (nSPS) is 13.2. The molecule has 1 aromatic carbocycles. The van der Waals surface area contributed by atoms with Gasteiger partial charge in [-0.3, -0.25) is 0 Å². The van der Waals surface area contributed by atoms with Crippen molar-refractivity contribution in [3.05, 3.63) is 72.3 Å². The van der Waals surface area contributed by atoms with Crippen LogP contribution in [0, 0.1) is 5.41 Å². The molecule has 0 aliphatic heterocycles. The maximum Gasteiger partial charge on any atom is 0.126 e. The van der Waals surface area contributed by atoms with Gasteiger partial charge < -0.3 is 9.20 Å². The lowest BCUT2D eigenvalue weighted by atomic mass is 9.72. The van der Waals surface area contributed by atoms with Gasteiger partial charge in [-0.15, -0.1) is 0 Å². The predicted octanol–water partition coefficient (Wildman–Crippen LogP) is 3.69. The zero-order chi connectivity index (χ0) is 14.9. The number of imidazole rings is 1. The van der Waals surface area contributed by atoms with Crippen molar-refractivity contribution in [3.63, 3.8) is 0 Å². The summed E-state index contributed by atoms with van der Waals surface area (Å²) in [6.45, 7) is 3.96. The molecule has 0 aliphatic carbocycles. The summed E-state index contributed by atoms with van der Waals surface area (Å²) >= 11 is 0. The van der Waals surface area contributed by atoms with E-state index in [1.807, 2.05) is 48.7 Å². The van der Waals surface area contributed by atoms with Crippen molar-refractivity contribution >= 4 is 11.8 Å². The Bertz CT molecular complexity index is 759. The highest BCUT2D eigenvalue weighted by atomic mass is 16.1. The first-order chi connectivity index (χ1) is 10.1. The average Bonchev–Trinajstić information content (AvgIpc) is 2.96. The molecule has 106 valence electrons. The van der Waals surface area contributed by atoms with Gasteiger partial charge in [0.05, 0.1) is 18.0 Å². The molecule has 0 spiro atoms. The lowest BCUT2D eigenvalue weighted by Gasteiger charge is -2.30. The van der Waals surface area contributed by atoms with Crippen LogP contribution < -0.4 is 0 Å². The molecule has 3 nitrogen and oxygen atoms in total. The van der Waals surface area contributed by atoms with Crippen LogP contribution in [0.15, 0.2) is 61.2 Å².